The molecule has 0 amide bonds. The summed E-state index contributed by atoms with van der Waals surface area (Å²) >= 11 is 19.0. The van der Waals surface area contributed by atoms with Gasteiger partial charge in [-0.2, -0.15) is 5.10 Å². The average molecular weight is 394 g/mol. The lowest BCUT2D eigenvalue weighted by Gasteiger charge is -2.10. The Labute approximate surface area is 156 Å². The van der Waals surface area contributed by atoms with Crippen LogP contribution in [-0.4, -0.2) is 19.6 Å². The highest BCUT2D eigenvalue weighted by Crippen LogP contribution is 2.39. The average Bonchev–Trinajstić information content (AvgIpc) is 3.01. The van der Waals surface area contributed by atoms with E-state index < -0.39 is 5.82 Å². The Balaban J connectivity index is 1.98. The van der Waals surface area contributed by atoms with Gasteiger partial charge in [0.25, 0.3) is 0 Å². The Kier molecular flexibility index (Phi) is 4.07. The molecule has 4 nitrogen and oxygen atoms in total. The number of pyridine rings is 1. The fourth-order valence-corrected chi connectivity index (χ4v) is 3.45. The molecule has 0 saturated carbocycles. The van der Waals surface area contributed by atoms with Crippen LogP contribution in [0.1, 0.15) is 0 Å². The van der Waals surface area contributed by atoms with E-state index in [1.54, 1.807) is 12.4 Å². The normalized spacial score (nSPS) is 11.2. The van der Waals surface area contributed by atoms with E-state index in [0.29, 0.717) is 28.0 Å². The second kappa shape index (κ2) is 6.26. The van der Waals surface area contributed by atoms with Crippen molar-refractivity contribution < 1.29 is 4.39 Å². The van der Waals surface area contributed by atoms with E-state index >= 15 is 0 Å². The van der Waals surface area contributed by atoms with E-state index in [4.69, 9.17) is 34.8 Å². The van der Waals surface area contributed by atoms with Gasteiger partial charge in [0.15, 0.2) is 5.65 Å². The third-order valence-electron chi connectivity index (χ3n) is 3.69. The zero-order chi connectivity index (χ0) is 17.6. The first-order chi connectivity index (χ1) is 12.1. The third kappa shape index (κ3) is 2.74. The van der Waals surface area contributed by atoms with Gasteiger partial charge in [-0.1, -0.05) is 40.9 Å². The molecule has 124 valence electrons. The van der Waals surface area contributed by atoms with Crippen LogP contribution in [0.2, 0.25) is 15.3 Å². The van der Waals surface area contributed by atoms with Crippen molar-refractivity contribution >= 4 is 40.4 Å². The third-order valence-corrected chi connectivity index (χ3v) is 4.62. The van der Waals surface area contributed by atoms with Crippen LogP contribution in [-0.2, 0) is 0 Å². The standard InChI is InChI=1S/C17H8Cl3FN4/c18-12-7-9(21)4-5-10(12)14-15(19)24-17-11(8-23-25(17)16(14)20)13-3-1-2-6-22-13/h1-8H. The maximum absolute atomic E-state index is 13.3. The maximum atomic E-state index is 13.3. The number of halogens is 4. The van der Waals surface area contributed by atoms with Crippen molar-refractivity contribution in [2.75, 3.05) is 0 Å². The second-order valence-corrected chi connectivity index (χ2v) is 6.32. The van der Waals surface area contributed by atoms with Crippen LogP contribution in [0.4, 0.5) is 4.39 Å². The molecular weight excluding hydrogens is 386 g/mol. The zero-order valence-corrected chi connectivity index (χ0v) is 14.7. The molecule has 0 aliphatic carbocycles. The summed E-state index contributed by atoms with van der Waals surface area (Å²) in [6.07, 6.45) is 3.29. The molecule has 0 fully saturated rings. The second-order valence-electron chi connectivity index (χ2n) is 5.20. The fraction of sp³-hybridized carbons (Fsp3) is 0. The van der Waals surface area contributed by atoms with E-state index in [-0.39, 0.29) is 15.3 Å². The lowest BCUT2D eigenvalue weighted by Crippen LogP contribution is -1.98. The molecule has 1 aromatic carbocycles. The van der Waals surface area contributed by atoms with Gasteiger partial charge in [0.1, 0.15) is 16.1 Å². The lowest BCUT2D eigenvalue weighted by molar-refractivity contribution is 0.628. The minimum Gasteiger partial charge on any atom is -0.256 e. The molecule has 8 heteroatoms. The Bertz CT molecular complexity index is 1100. The van der Waals surface area contributed by atoms with Crippen LogP contribution in [0.5, 0.6) is 0 Å². The molecular formula is C17H8Cl3FN4. The van der Waals surface area contributed by atoms with Gasteiger partial charge in [0.05, 0.1) is 28.0 Å². The van der Waals surface area contributed by atoms with Crippen molar-refractivity contribution in [3.8, 4) is 22.4 Å². The van der Waals surface area contributed by atoms with E-state index in [1.807, 2.05) is 18.2 Å². The van der Waals surface area contributed by atoms with Gasteiger partial charge in [-0.25, -0.2) is 13.9 Å². The summed E-state index contributed by atoms with van der Waals surface area (Å²) in [5.74, 6) is -0.452. The van der Waals surface area contributed by atoms with Crippen molar-refractivity contribution in [3.05, 3.63) is 69.9 Å². The van der Waals surface area contributed by atoms with Crippen molar-refractivity contribution in [2.45, 2.75) is 0 Å². The number of aromatic nitrogens is 4. The first-order valence-electron chi connectivity index (χ1n) is 7.16. The van der Waals surface area contributed by atoms with E-state index in [2.05, 4.69) is 15.1 Å². The summed E-state index contributed by atoms with van der Waals surface area (Å²) in [6, 6.07) is 9.49. The first-order valence-corrected chi connectivity index (χ1v) is 8.29. The Morgan fingerprint density at radius 2 is 1.84 bits per heavy atom. The summed E-state index contributed by atoms with van der Waals surface area (Å²) in [4.78, 5) is 8.69. The number of nitrogens with zero attached hydrogens (tertiary/aromatic N) is 4. The van der Waals surface area contributed by atoms with Crippen molar-refractivity contribution in [3.63, 3.8) is 0 Å². The zero-order valence-electron chi connectivity index (χ0n) is 12.4. The minimum atomic E-state index is -0.452. The molecule has 25 heavy (non-hydrogen) atoms. The van der Waals surface area contributed by atoms with Gasteiger partial charge in [0.2, 0.25) is 0 Å². The Morgan fingerprint density at radius 3 is 2.56 bits per heavy atom. The molecule has 4 rings (SSSR count). The van der Waals surface area contributed by atoms with Crippen LogP contribution in [0.15, 0.2) is 48.8 Å². The highest BCUT2D eigenvalue weighted by molar-refractivity contribution is 6.40. The predicted molar refractivity (Wildman–Crippen MR) is 96.6 cm³/mol. The molecule has 3 aromatic heterocycles. The molecule has 0 unspecified atom stereocenters. The van der Waals surface area contributed by atoms with Gasteiger partial charge in [-0.15, -0.1) is 0 Å². The van der Waals surface area contributed by atoms with Crippen LogP contribution in [0.3, 0.4) is 0 Å². The molecule has 0 saturated heterocycles. The highest BCUT2D eigenvalue weighted by Gasteiger charge is 2.20. The largest absolute Gasteiger partial charge is 0.256 e. The number of hydrogen-bond acceptors (Lipinski definition) is 3. The number of benzene rings is 1. The van der Waals surface area contributed by atoms with Gasteiger partial charge < -0.3 is 0 Å². The van der Waals surface area contributed by atoms with Gasteiger partial charge in [-0.05, 0) is 30.3 Å². The summed E-state index contributed by atoms with van der Waals surface area (Å²) in [7, 11) is 0. The molecule has 0 bridgehead atoms. The van der Waals surface area contributed by atoms with Crippen molar-refractivity contribution in [1.82, 2.24) is 19.6 Å². The Morgan fingerprint density at radius 1 is 1.00 bits per heavy atom. The molecule has 0 N–H and O–H groups in total. The van der Waals surface area contributed by atoms with Gasteiger partial charge >= 0.3 is 0 Å². The van der Waals surface area contributed by atoms with Crippen molar-refractivity contribution in [2.24, 2.45) is 0 Å². The van der Waals surface area contributed by atoms with Crippen LogP contribution < -0.4 is 0 Å². The molecule has 0 atom stereocenters. The topological polar surface area (TPSA) is 43.1 Å². The summed E-state index contributed by atoms with van der Waals surface area (Å²) in [5.41, 5.74) is 2.72. The smallest absolute Gasteiger partial charge is 0.167 e. The molecule has 3 heterocycles. The quantitative estimate of drug-likeness (QED) is 0.419. The van der Waals surface area contributed by atoms with Gasteiger partial charge in [0, 0.05) is 11.8 Å². The molecule has 0 aliphatic rings. The predicted octanol–water partition coefficient (Wildman–Crippen LogP) is 5.56. The monoisotopic (exact) mass is 392 g/mol. The first kappa shape index (κ1) is 16.3. The maximum Gasteiger partial charge on any atom is 0.167 e. The van der Waals surface area contributed by atoms with Gasteiger partial charge in [-0.3, -0.25) is 4.98 Å². The summed E-state index contributed by atoms with van der Waals surface area (Å²) in [6.45, 7) is 0. The number of fused-ring (bicyclic) bond motifs is 1. The fourth-order valence-electron chi connectivity index (χ4n) is 2.55. The molecule has 0 spiro atoms. The van der Waals surface area contributed by atoms with E-state index in [1.165, 1.54) is 22.7 Å². The SMILES string of the molecule is Fc1ccc(-c2c(Cl)nc3c(-c4ccccn4)cnn3c2Cl)c(Cl)c1. The molecule has 0 radical (unpaired) electrons. The van der Waals surface area contributed by atoms with Crippen molar-refractivity contribution in [1.29, 1.82) is 0 Å². The van der Waals surface area contributed by atoms with Crippen LogP contribution in [0, 0.1) is 5.82 Å². The van der Waals surface area contributed by atoms with E-state index in [9.17, 15) is 4.39 Å². The number of hydrogen-bond donors (Lipinski definition) is 0. The summed E-state index contributed by atoms with van der Waals surface area (Å²) < 4.78 is 14.8. The minimum absolute atomic E-state index is 0.142. The Hall–Kier alpha value is -2.21. The molecule has 4 aromatic rings. The van der Waals surface area contributed by atoms with Crippen LogP contribution in [0.25, 0.3) is 28.0 Å². The summed E-state index contributed by atoms with van der Waals surface area (Å²) in [5, 5.41) is 4.83. The highest BCUT2D eigenvalue weighted by atomic mass is 35.5. The lowest BCUT2D eigenvalue weighted by atomic mass is 10.1. The van der Waals surface area contributed by atoms with Crippen LogP contribution >= 0.6 is 34.8 Å². The number of rotatable bonds is 2. The molecule has 0 aliphatic heterocycles. The van der Waals surface area contributed by atoms with E-state index in [0.717, 1.165) is 0 Å².